The second-order valence-corrected chi connectivity index (χ2v) is 7.24. The summed E-state index contributed by atoms with van der Waals surface area (Å²) in [5.74, 6) is 0.156. The van der Waals surface area contributed by atoms with Gasteiger partial charge < -0.3 is 14.5 Å². The number of hydrogen-bond acceptors (Lipinski definition) is 4. The van der Waals surface area contributed by atoms with Crippen molar-refractivity contribution in [3.63, 3.8) is 0 Å². The third-order valence-corrected chi connectivity index (χ3v) is 4.35. The molecule has 0 atom stereocenters. The van der Waals surface area contributed by atoms with Crippen LogP contribution in [0.1, 0.15) is 45.1 Å². The second-order valence-electron chi connectivity index (χ2n) is 7.24. The van der Waals surface area contributed by atoms with Gasteiger partial charge in [-0.2, -0.15) is 0 Å². The number of hydrogen-bond donors (Lipinski definition) is 0. The molecule has 1 aromatic rings. The predicted molar refractivity (Wildman–Crippen MR) is 84.2 cm³/mol. The number of likely N-dealkylation sites (tertiary alicyclic amines) is 1. The van der Waals surface area contributed by atoms with Gasteiger partial charge in [0.05, 0.1) is 18.4 Å². The molecule has 0 radical (unpaired) electrons. The highest BCUT2D eigenvalue weighted by Gasteiger charge is 2.37. The molecule has 7 nitrogen and oxygen atoms in total. The van der Waals surface area contributed by atoms with Gasteiger partial charge in [-0.1, -0.05) is 0 Å². The Hall–Kier alpha value is -2.12. The Balaban J connectivity index is 1.59. The van der Waals surface area contributed by atoms with Gasteiger partial charge in [0.25, 0.3) is 0 Å². The lowest BCUT2D eigenvalue weighted by atomic mass is 10.0. The van der Waals surface area contributed by atoms with Gasteiger partial charge in [0.1, 0.15) is 18.1 Å². The third-order valence-electron chi connectivity index (χ3n) is 4.35. The topological polar surface area (TPSA) is 67.7 Å². The number of halogens is 1. The third kappa shape index (κ3) is 3.09. The Morgan fingerprint density at radius 3 is 2.62 bits per heavy atom. The summed E-state index contributed by atoms with van der Waals surface area (Å²) in [5.41, 5.74) is 0.209. The molecule has 24 heavy (non-hydrogen) atoms. The van der Waals surface area contributed by atoms with Crippen molar-refractivity contribution in [3.05, 3.63) is 17.7 Å². The number of carbonyl (C=O) groups is 2. The molecule has 0 aliphatic carbocycles. The zero-order valence-corrected chi connectivity index (χ0v) is 14.3. The van der Waals surface area contributed by atoms with E-state index in [1.165, 1.54) is 4.57 Å². The molecule has 3 rings (SSSR count). The van der Waals surface area contributed by atoms with Gasteiger partial charge in [-0.25, -0.2) is 23.5 Å². The van der Waals surface area contributed by atoms with Crippen LogP contribution in [0.4, 0.5) is 14.0 Å². The highest BCUT2D eigenvalue weighted by Crippen LogP contribution is 2.26. The first-order valence-electron chi connectivity index (χ1n) is 8.20. The minimum atomic E-state index is -0.753. The number of carbonyl (C=O) groups excluding carboxylic acids is 2. The van der Waals surface area contributed by atoms with Crippen molar-refractivity contribution >= 4 is 12.1 Å². The summed E-state index contributed by atoms with van der Waals surface area (Å²) in [7, 11) is 0. The molecule has 2 aliphatic rings. The number of aromatic nitrogens is 2. The molecule has 132 valence electrons. The largest absolute Gasteiger partial charge is 0.444 e. The highest BCUT2D eigenvalue weighted by molar-refractivity contribution is 5.81. The lowest BCUT2D eigenvalue weighted by Gasteiger charge is -2.36. The van der Waals surface area contributed by atoms with E-state index < -0.39 is 12.3 Å². The predicted octanol–water partition coefficient (Wildman–Crippen LogP) is 2.54. The molecular formula is C16H23FN4O3. The SMILES string of the molecule is CC(C)(C)OC(=O)N1CCC(N2Cc3cnc(CF)n3C2=O)CC1. The van der Waals surface area contributed by atoms with E-state index in [-0.39, 0.29) is 24.0 Å². The number of amides is 2. The molecule has 0 bridgehead atoms. The lowest BCUT2D eigenvalue weighted by molar-refractivity contribution is 0.0166. The summed E-state index contributed by atoms with van der Waals surface area (Å²) in [4.78, 5) is 32.0. The number of imidazole rings is 1. The van der Waals surface area contributed by atoms with E-state index in [0.717, 1.165) is 5.69 Å². The van der Waals surface area contributed by atoms with Crippen LogP contribution in [0.15, 0.2) is 6.20 Å². The van der Waals surface area contributed by atoms with Crippen molar-refractivity contribution in [1.29, 1.82) is 0 Å². The van der Waals surface area contributed by atoms with Gasteiger partial charge in [0, 0.05) is 19.1 Å². The van der Waals surface area contributed by atoms with Crippen molar-refractivity contribution in [1.82, 2.24) is 19.4 Å². The molecule has 0 spiro atoms. The fourth-order valence-electron chi connectivity index (χ4n) is 3.21. The van der Waals surface area contributed by atoms with E-state index in [1.54, 1.807) is 16.0 Å². The number of ether oxygens (including phenoxy) is 1. The first-order valence-corrected chi connectivity index (χ1v) is 8.20. The van der Waals surface area contributed by atoms with Gasteiger partial charge in [-0.3, -0.25) is 0 Å². The summed E-state index contributed by atoms with van der Waals surface area (Å²) in [6, 6.07) is -0.172. The monoisotopic (exact) mass is 338 g/mol. The summed E-state index contributed by atoms with van der Waals surface area (Å²) in [5, 5.41) is 0. The van der Waals surface area contributed by atoms with Gasteiger partial charge in [0.2, 0.25) is 0 Å². The van der Waals surface area contributed by atoms with Gasteiger partial charge in [-0.15, -0.1) is 0 Å². The van der Waals surface area contributed by atoms with Crippen LogP contribution in [0.25, 0.3) is 0 Å². The van der Waals surface area contributed by atoms with E-state index in [0.29, 0.717) is 32.5 Å². The van der Waals surface area contributed by atoms with Gasteiger partial charge in [0.15, 0.2) is 0 Å². The van der Waals surface area contributed by atoms with E-state index in [9.17, 15) is 14.0 Å². The van der Waals surface area contributed by atoms with Crippen molar-refractivity contribution < 1.29 is 18.7 Å². The molecule has 8 heteroatoms. The molecule has 0 N–H and O–H groups in total. The molecular weight excluding hydrogens is 315 g/mol. The summed E-state index contributed by atoms with van der Waals surface area (Å²) >= 11 is 0. The molecule has 1 aromatic heterocycles. The molecule has 3 heterocycles. The van der Waals surface area contributed by atoms with Crippen LogP contribution < -0.4 is 0 Å². The van der Waals surface area contributed by atoms with Crippen molar-refractivity contribution in [3.8, 4) is 0 Å². The average Bonchev–Trinajstić information content (AvgIpc) is 3.06. The minimum absolute atomic E-state index is 0.0450. The van der Waals surface area contributed by atoms with Crippen LogP contribution in [0.2, 0.25) is 0 Å². The number of rotatable bonds is 2. The molecule has 2 aliphatic heterocycles. The van der Waals surface area contributed by atoms with Crippen molar-refractivity contribution in [2.45, 2.75) is 58.5 Å². The smallest absolute Gasteiger partial charge is 0.410 e. The van der Waals surface area contributed by atoms with Crippen molar-refractivity contribution in [2.24, 2.45) is 0 Å². The number of alkyl halides is 1. The summed E-state index contributed by atoms with van der Waals surface area (Å²) in [6.07, 6.45) is 2.62. The molecule has 1 saturated heterocycles. The molecule has 0 saturated carbocycles. The molecule has 1 fully saturated rings. The summed E-state index contributed by atoms with van der Waals surface area (Å²) in [6.45, 7) is 6.31. The van der Waals surface area contributed by atoms with Crippen molar-refractivity contribution in [2.75, 3.05) is 13.1 Å². The zero-order valence-electron chi connectivity index (χ0n) is 14.3. The molecule has 0 aromatic carbocycles. The first kappa shape index (κ1) is 16.7. The Bertz CT molecular complexity index is 644. The standard InChI is InChI=1S/C16H23FN4O3/c1-16(2,3)24-15(23)19-6-4-11(5-7-19)20-10-12-9-18-13(8-17)21(12)14(20)22/h9,11H,4-8,10H2,1-3H3. The van der Waals surface area contributed by atoms with E-state index in [2.05, 4.69) is 4.98 Å². The van der Waals surface area contributed by atoms with Crippen LogP contribution in [0.3, 0.4) is 0 Å². The number of nitrogens with zero attached hydrogens (tertiary/aromatic N) is 4. The fraction of sp³-hybridized carbons (Fsp3) is 0.688. The van der Waals surface area contributed by atoms with Crippen LogP contribution in [0, 0.1) is 0 Å². The normalized spacial score (nSPS) is 18.9. The van der Waals surface area contributed by atoms with Gasteiger partial charge in [-0.05, 0) is 33.6 Å². The minimum Gasteiger partial charge on any atom is -0.444 e. The maximum Gasteiger partial charge on any atom is 0.410 e. The Kier molecular flexibility index (Phi) is 4.23. The Morgan fingerprint density at radius 1 is 1.38 bits per heavy atom. The fourth-order valence-corrected chi connectivity index (χ4v) is 3.21. The zero-order chi connectivity index (χ0) is 17.5. The van der Waals surface area contributed by atoms with E-state index >= 15 is 0 Å². The Labute approximate surface area is 140 Å². The maximum atomic E-state index is 12.9. The summed E-state index contributed by atoms with van der Waals surface area (Å²) < 4.78 is 19.7. The average molecular weight is 338 g/mol. The lowest BCUT2D eigenvalue weighted by Crippen LogP contribution is -2.48. The maximum absolute atomic E-state index is 12.9. The molecule has 2 amide bonds. The van der Waals surface area contributed by atoms with Crippen LogP contribution in [-0.4, -0.2) is 56.2 Å². The molecule has 0 unspecified atom stereocenters. The van der Waals surface area contributed by atoms with Crippen LogP contribution in [-0.2, 0) is 18.0 Å². The first-order chi connectivity index (χ1) is 11.3. The Morgan fingerprint density at radius 2 is 2.04 bits per heavy atom. The van der Waals surface area contributed by atoms with E-state index in [1.807, 2.05) is 20.8 Å². The van der Waals surface area contributed by atoms with Crippen LogP contribution >= 0.6 is 0 Å². The van der Waals surface area contributed by atoms with Crippen LogP contribution in [0.5, 0.6) is 0 Å². The second kappa shape index (κ2) is 6.07. The number of fused-ring (bicyclic) bond motifs is 1. The van der Waals surface area contributed by atoms with E-state index in [4.69, 9.17) is 4.74 Å². The highest BCUT2D eigenvalue weighted by atomic mass is 19.1. The number of piperidine rings is 1. The quantitative estimate of drug-likeness (QED) is 0.831. The van der Waals surface area contributed by atoms with Gasteiger partial charge >= 0.3 is 12.1 Å².